The Kier molecular flexibility index (Phi) is 2.43. The quantitative estimate of drug-likeness (QED) is 0.580. The Morgan fingerprint density at radius 2 is 1.67 bits per heavy atom. The summed E-state index contributed by atoms with van der Waals surface area (Å²) in [6, 6.07) is 8.88. The molecule has 1 heteroatoms. The van der Waals surface area contributed by atoms with Gasteiger partial charge < -0.3 is 0 Å². The summed E-state index contributed by atoms with van der Waals surface area (Å²) in [7, 11) is -1.38. The molecule has 0 aromatic heterocycles. The smallest absolute Gasteiger partial charge is 0.0874 e. The molecular weight excluding hydrogens is 196 g/mol. The molecule has 1 aliphatic rings. The minimum absolute atomic E-state index is 1.38. The minimum atomic E-state index is -1.38. The Balaban J connectivity index is 2.76. The molecule has 1 aromatic rings. The van der Waals surface area contributed by atoms with Crippen LogP contribution in [0.4, 0.5) is 0 Å². The van der Waals surface area contributed by atoms with E-state index in [0.717, 1.165) is 0 Å². The van der Waals surface area contributed by atoms with Crippen molar-refractivity contribution in [3.63, 3.8) is 0 Å². The maximum absolute atomic E-state index is 2.44. The summed E-state index contributed by atoms with van der Waals surface area (Å²) in [4.78, 5) is 0. The first-order chi connectivity index (χ1) is 7.12. The van der Waals surface area contributed by atoms with Crippen LogP contribution in [-0.2, 0) is 0 Å². The molecule has 0 aliphatic carbocycles. The fraction of sp³-hybridized carbons (Fsp3) is 0.286. The summed E-state index contributed by atoms with van der Waals surface area (Å²) < 4.78 is 0. The van der Waals surface area contributed by atoms with Crippen LogP contribution in [0.5, 0.6) is 0 Å². The zero-order valence-corrected chi connectivity index (χ0v) is 11.0. The van der Waals surface area contributed by atoms with Gasteiger partial charge in [0.25, 0.3) is 0 Å². The van der Waals surface area contributed by atoms with Crippen LogP contribution in [0.25, 0.3) is 5.57 Å². The number of hydrogen-bond acceptors (Lipinski definition) is 0. The summed E-state index contributed by atoms with van der Waals surface area (Å²) in [6.45, 7) is 9.19. The number of fused-ring (bicyclic) bond motifs is 1. The van der Waals surface area contributed by atoms with Crippen LogP contribution in [0.1, 0.15) is 19.4 Å². The molecule has 0 amide bonds. The second-order valence-corrected chi connectivity index (χ2v) is 8.90. The molecular formula is C14H18Si. The molecule has 2 rings (SSSR count). The average Bonchev–Trinajstić information content (AvgIpc) is 2.46. The third kappa shape index (κ3) is 1.34. The molecule has 0 spiro atoms. The third-order valence-corrected chi connectivity index (χ3v) is 7.12. The van der Waals surface area contributed by atoms with E-state index in [9.17, 15) is 0 Å². The molecule has 1 aliphatic heterocycles. The highest BCUT2D eigenvalue weighted by atomic mass is 28.3. The van der Waals surface area contributed by atoms with Gasteiger partial charge in [0, 0.05) is 0 Å². The Morgan fingerprint density at radius 1 is 1.00 bits per heavy atom. The van der Waals surface area contributed by atoms with E-state index < -0.39 is 8.07 Å². The molecule has 1 aromatic carbocycles. The van der Waals surface area contributed by atoms with Crippen molar-refractivity contribution in [1.29, 1.82) is 0 Å². The van der Waals surface area contributed by atoms with Crippen molar-refractivity contribution >= 4 is 18.8 Å². The van der Waals surface area contributed by atoms with E-state index in [1.165, 1.54) is 11.1 Å². The lowest BCUT2D eigenvalue weighted by molar-refractivity contribution is 1.62. The molecule has 0 fully saturated rings. The highest BCUT2D eigenvalue weighted by Crippen LogP contribution is 2.37. The van der Waals surface area contributed by atoms with Crippen molar-refractivity contribution in [2.75, 3.05) is 0 Å². The maximum Gasteiger partial charge on any atom is 0.113 e. The highest BCUT2D eigenvalue weighted by molar-refractivity contribution is 7.00. The first-order valence-electron chi connectivity index (χ1n) is 5.56. The van der Waals surface area contributed by atoms with Gasteiger partial charge in [0.05, 0.1) is 0 Å². The fourth-order valence-corrected chi connectivity index (χ4v) is 6.09. The number of benzene rings is 1. The van der Waals surface area contributed by atoms with Gasteiger partial charge in [-0.2, -0.15) is 0 Å². The van der Waals surface area contributed by atoms with Gasteiger partial charge in [-0.25, -0.2) is 0 Å². The van der Waals surface area contributed by atoms with Crippen LogP contribution in [0.2, 0.25) is 13.1 Å². The van der Waals surface area contributed by atoms with Gasteiger partial charge in [0.2, 0.25) is 0 Å². The Hall–Kier alpha value is -1.08. The Labute approximate surface area is 93.3 Å². The van der Waals surface area contributed by atoms with Gasteiger partial charge in [-0.15, -0.1) is 0 Å². The fourth-order valence-electron chi connectivity index (χ4n) is 2.72. The number of rotatable bonds is 0. The van der Waals surface area contributed by atoms with E-state index in [2.05, 4.69) is 63.4 Å². The van der Waals surface area contributed by atoms with Crippen LogP contribution >= 0.6 is 0 Å². The summed E-state index contributed by atoms with van der Waals surface area (Å²) in [5.74, 6) is 0. The monoisotopic (exact) mass is 214 g/mol. The Bertz CT molecular complexity index is 450. The molecule has 1 heterocycles. The van der Waals surface area contributed by atoms with Gasteiger partial charge in [-0.1, -0.05) is 54.7 Å². The molecule has 0 atom stereocenters. The highest BCUT2D eigenvalue weighted by Gasteiger charge is 2.38. The zero-order valence-electron chi connectivity index (χ0n) is 9.96. The van der Waals surface area contributed by atoms with E-state index >= 15 is 0 Å². The molecule has 0 saturated heterocycles. The molecule has 15 heavy (non-hydrogen) atoms. The molecule has 0 saturated carbocycles. The first kappa shape index (κ1) is 10.4. The van der Waals surface area contributed by atoms with Gasteiger partial charge in [-0.3, -0.25) is 0 Å². The van der Waals surface area contributed by atoms with Crippen molar-refractivity contribution in [3.8, 4) is 0 Å². The predicted molar refractivity (Wildman–Crippen MR) is 71.0 cm³/mol. The van der Waals surface area contributed by atoms with Gasteiger partial charge in [0.15, 0.2) is 0 Å². The van der Waals surface area contributed by atoms with Crippen molar-refractivity contribution < 1.29 is 0 Å². The SMILES string of the molecule is CC=C1/C(=C\C)[Si](C)(C)c2ccccc21. The topological polar surface area (TPSA) is 0 Å². The lowest BCUT2D eigenvalue weighted by atomic mass is 10.1. The molecule has 0 unspecified atom stereocenters. The lowest BCUT2D eigenvalue weighted by Gasteiger charge is -2.18. The predicted octanol–water partition coefficient (Wildman–Crippen LogP) is 3.50. The van der Waals surface area contributed by atoms with E-state index in [1.54, 1.807) is 10.4 Å². The van der Waals surface area contributed by atoms with Gasteiger partial charge in [0.1, 0.15) is 8.07 Å². The number of allylic oxidation sites excluding steroid dienone is 4. The van der Waals surface area contributed by atoms with Crippen LogP contribution in [0.3, 0.4) is 0 Å². The lowest BCUT2D eigenvalue weighted by Crippen LogP contribution is -2.39. The van der Waals surface area contributed by atoms with Crippen molar-refractivity contribution in [2.45, 2.75) is 26.9 Å². The van der Waals surface area contributed by atoms with Crippen LogP contribution in [0, 0.1) is 0 Å². The molecule has 0 radical (unpaired) electrons. The second-order valence-electron chi connectivity index (χ2n) is 4.58. The van der Waals surface area contributed by atoms with E-state index in [0.29, 0.717) is 0 Å². The number of hydrogen-bond donors (Lipinski definition) is 0. The molecule has 0 N–H and O–H groups in total. The van der Waals surface area contributed by atoms with E-state index in [4.69, 9.17) is 0 Å². The zero-order chi connectivity index (χ0) is 11.1. The summed E-state index contributed by atoms with van der Waals surface area (Å²) in [5, 5.41) is 3.18. The van der Waals surface area contributed by atoms with Crippen LogP contribution < -0.4 is 5.19 Å². The van der Waals surface area contributed by atoms with Crippen LogP contribution in [0.15, 0.2) is 41.6 Å². The van der Waals surface area contributed by atoms with Crippen molar-refractivity contribution in [2.24, 2.45) is 0 Å². The third-order valence-electron chi connectivity index (χ3n) is 3.43. The summed E-state index contributed by atoms with van der Waals surface area (Å²) in [5.41, 5.74) is 2.93. The van der Waals surface area contributed by atoms with Crippen molar-refractivity contribution in [3.05, 3.63) is 47.2 Å². The van der Waals surface area contributed by atoms with E-state index in [-0.39, 0.29) is 0 Å². The maximum atomic E-state index is 2.44. The summed E-state index contributed by atoms with van der Waals surface area (Å²) in [6.07, 6.45) is 4.57. The largest absolute Gasteiger partial charge is 0.113 e. The van der Waals surface area contributed by atoms with Crippen LogP contribution in [-0.4, -0.2) is 8.07 Å². The molecule has 0 nitrogen and oxygen atoms in total. The van der Waals surface area contributed by atoms with Gasteiger partial charge in [-0.05, 0) is 30.2 Å². The van der Waals surface area contributed by atoms with Gasteiger partial charge >= 0.3 is 0 Å². The average molecular weight is 214 g/mol. The first-order valence-corrected chi connectivity index (χ1v) is 8.56. The molecule has 0 bridgehead atoms. The molecule has 78 valence electrons. The van der Waals surface area contributed by atoms with E-state index in [1.807, 2.05) is 0 Å². The summed E-state index contributed by atoms with van der Waals surface area (Å²) >= 11 is 0. The second kappa shape index (κ2) is 3.49. The Morgan fingerprint density at radius 3 is 2.27 bits per heavy atom. The minimum Gasteiger partial charge on any atom is -0.0874 e. The normalized spacial score (nSPS) is 23.5. The van der Waals surface area contributed by atoms with Crippen molar-refractivity contribution in [1.82, 2.24) is 0 Å². The standard InChI is InChI=1S/C14H18Si/c1-5-11-12-9-7-8-10-14(12)15(3,4)13(11)6-2/h5-10H,1-4H3/b11-5?,13-6+.